The molecule has 38 heavy (non-hydrogen) atoms. The van der Waals surface area contributed by atoms with Crippen molar-refractivity contribution in [1.29, 1.82) is 0 Å². The van der Waals surface area contributed by atoms with Crippen molar-refractivity contribution in [2.75, 3.05) is 31.7 Å². The van der Waals surface area contributed by atoms with Crippen LogP contribution in [0.25, 0.3) is 27.7 Å². The fraction of sp³-hybridized carbons (Fsp3) is 0.429. The highest BCUT2D eigenvalue weighted by Gasteiger charge is 2.47. The number of anilines is 1. The van der Waals surface area contributed by atoms with Crippen LogP contribution in [0.1, 0.15) is 10.5 Å². The van der Waals surface area contributed by atoms with Crippen LogP contribution in [0.15, 0.2) is 24.4 Å². The van der Waals surface area contributed by atoms with E-state index >= 15 is 4.39 Å². The summed E-state index contributed by atoms with van der Waals surface area (Å²) in [5.74, 6) is -5.73. The Hall–Kier alpha value is -3.60. The lowest BCUT2D eigenvalue weighted by atomic mass is 10.0. The van der Waals surface area contributed by atoms with Gasteiger partial charge in [-0.05, 0) is 24.1 Å². The smallest absolute Gasteiger partial charge is 0.281 e. The summed E-state index contributed by atoms with van der Waals surface area (Å²) >= 11 is 0. The molecule has 11 nitrogen and oxygen atoms in total. The van der Waals surface area contributed by atoms with Crippen LogP contribution in [-0.2, 0) is 16.6 Å². The molecule has 1 aromatic carbocycles. The zero-order chi connectivity index (χ0) is 29.9. The zero-order valence-corrected chi connectivity index (χ0v) is 20.3. The summed E-state index contributed by atoms with van der Waals surface area (Å²) in [6, 6.07) is 2.46. The topological polar surface area (TPSA) is 120 Å². The molecule has 0 saturated carbocycles. The average Bonchev–Trinajstić information content (AvgIpc) is 3.37. The molecule has 3 aromatic heterocycles. The lowest BCUT2D eigenvalue weighted by Gasteiger charge is -2.37. The van der Waals surface area contributed by atoms with Crippen molar-refractivity contribution in [3.63, 3.8) is 0 Å². The van der Waals surface area contributed by atoms with Gasteiger partial charge in [-0.1, -0.05) is 11.3 Å². The number of nitrogens with one attached hydrogen (secondary N) is 1. The molecule has 17 heteroatoms. The number of methoxy groups -OCH3 is 1. The lowest BCUT2D eigenvalue weighted by Crippen LogP contribution is -2.55. The minimum atomic E-state index is -3.88. The Morgan fingerprint density at radius 3 is 2.82 bits per heavy atom. The quantitative estimate of drug-likeness (QED) is 0.341. The minimum absolute atomic E-state index is 0.0923. The number of benzene rings is 1. The van der Waals surface area contributed by atoms with Gasteiger partial charge < -0.3 is 10.1 Å². The fourth-order valence-electron chi connectivity index (χ4n) is 4.34. The van der Waals surface area contributed by atoms with Gasteiger partial charge in [0.2, 0.25) is 21.9 Å². The van der Waals surface area contributed by atoms with Crippen molar-refractivity contribution in [3.8, 4) is 17.0 Å². The van der Waals surface area contributed by atoms with E-state index in [9.17, 15) is 26.0 Å². The van der Waals surface area contributed by atoms with Crippen LogP contribution in [0.2, 0.25) is 0 Å². The maximum absolute atomic E-state index is 15.4. The predicted molar refractivity (Wildman–Crippen MR) is 125 cm³/mol. The predicted octanol–water partition coefficient (Wildman–Crippen LogP) is 2.63. The second-order valence-electron chi connectivity index (χ2n) is 8.70. The van der Waals surface area contributed by atoms with E-state index in [2.05, 4.69) is 25.7 Å². The summed E-state index contributed by atoms with van der Waals surface area (Å²) in [7, 11) is -6.98. The lowest BCUT2D eigenvalue weighted by molar-refractivity contribution is -0.0541. The van der Waals surface area contributed by atoms with Gasteiger partial charge in [-0.3, -0.25) is 0 Å². The number of rotatable bonds is 7. The van der Waals surface area contributed by atoms with Crippen molar-refractivity contribution >= 4 is 32.5 Å². The van der Waals surface area contributed by atoms with Crippen LogP contribution < -0.4 is 10.1 Å². The Kier molecular flexibility index (Phi) is 5.48. The van der Waals surface area contributed by atoms with E-state index in [4.69, 9.17) is 8.85 Å². The summed E-state index contributed by atoms with van der Waals surface area (Å²) in [5.41, 5.74) is -0.0661. The number of hydrogen-bond acceptors (Lipinski definition) is 8. The molecule has 1 aliphatic rings. The average molecular weight is 564 g/mol. The van der Waals surface area contributed by atoms with Crippen LogP contribution in [0.5, 0.6) is 5.88 Å². The van der Waals surface area contributed by atoms with Gasteiger partial charge in [0.1, 0.15) is 17.6 Å². The standard InChI is InChI=1S/C21H21F5N8O3S/c1-37-19-18-17(11-3-4-13-14(7-11)33(31-29-13)9-16(23)24)12(22)8-34(18)30-20(28-19)27-15-5-6-32(38(2,35)36)10-21(15,25)26/h3-4,7-8,15-16H,5-6,9-10H2,1-2H3,(H,27,30)/t15-/m1/s1/i1D3. The van der Waals surface area contributed by atoms with Gasteiger partial charge in [0.05, 0.1) is 47.3 Å². The van der Waals surface area contributed by atoms with Crippen molar-refractivity contribution in [2.45, 2.75) is 31.4 Å². The van der Waals surface area contributed by atoms with Crippen LogP contribution >= 0.6 is 0 Å². The first kappa shape index (κ1) is 22.4. The second-order valence-corrected chi connectivity index (χ2v) is 10.7. The number of sulfonamides is 1. The SMILES string of the molecule is [2H]C([2H])([2H])Oc1nc(N[C@@H]2CCN(S(C)(=O)=O)CC2(F)F)nn2cc(F)c(-c3ccc4nnn(CC(F)F)c4c3)c12. The summed E-state index contributed by atoms with van der Waals surface area (Å²) in [4.78, 5) is 3.94. The molecule has 0 bridgehead atoms. The molecule has 4 heterocycles. The van der Waals surface area contributed by atoms with E-state index in [-0.39, 0.29) is 40.6 Å². The van der Waals surface area contributed by atoms with Crippen LogP contribution in [0.4, 0.5) is 27.9 Å². The number of halogens is 5. The molecule has 1 fully saturated rings. The summed E-state index contributed by atoms with van der Waals surface area (Å²) < 4.78 is 124. The number of alkyl halides is 4. The number of ether oxygens (including phenoxy) is 1. The Bertz CT molecular complexity index is 1730. The zero-order valence-electron chi connectivity index (χ0n) is 22.4. The van der Waals surface area contributed by atoms with Crippen molar-refractivity contribution < 1.29 is 39.2 Å². The molecule has 1 N–H and O–H groups in total. The minimum Gasteiger partial charge on any atom is -0.479 e. The fourth-order valence-corrected chi connectivity index (χ4v) is 5.18. The first-order chi connectivity index (χ1) is 19.0. The summed E-state index contributed by atoms with van der Waals surface area (Å²) in [6.45, 7) is -2.11. The van der Waals surface area contributed by atoms with Crippen LogP contribution in [0.3, 0.4) is 0 Å². The van der Waals surface area contributed by atoms with Gasteiger partial charge in [0.15, 0.2) is 5.82 Å². The molecule has 5 rings (SSSR count). The molecule has 1 aliphatic heterocycles. The third-order valence-corrected chi connectivity index (χ3v) is 7.35. The number of piperidine rings is 1. The molecule has 1 saturated heterocycles. The van der Waals surface area contributed by atoms with E-state index in [0.29, 0.717) is 4.31 Å². The molecular formula is C21H21F5N8O3S. The third kappa shape index (κ3) is 4.70. The van der Waals surface area contributed by atoms with E-state index < -0.39 is 66.2 Å². The van der Waals surface area contributed by atoms with Crippen LogP contribution in [-0.4, -0.2) is 87.1 Å². The normalized spacial score (nSPS) is 20.0. The maximum Gasteiger partial charge on any atom is 0.281 e. The van der Waals surface area contributed by atoms with E-state index in [1.165, 1.54) is 18.2 Å². The molecule has 0 amide bonds. The summed E-state index contributed by atoms with van der Waals surface area (Å²) in [6.07, 6.45) is -1.44. The number of hydrogen-bond donors (Lipinski definition) is 1. The molecule has 1 atom stereocenters. The Labute approximate surface area is 216 Å². The van der Waals surface area contributed by atoms with Gasteiger partial charge in [-0.25, -0.2) is 39.6 Å². The highest BCUT2D eigenvalue weighted by molar-refractivity contribution is 7.88. The molecule has 0 unspecified atom stereocenters. The number of nitrogens with zero attached hydrogens (tertiary/aromatic N) is 7. The molecular weight excluding hydrogens is 539 g/mol. The van der Waals surface area contributed by atoms with Crippen molar-refractivity contribution in [3.05, 3.63) is 30.2 Å². The summed E-state index contributed by atoms with van der Waals surface area (Å²) in [5, 5.41) is 13.8. The van der Waals surface area contributed by atoms with Gasteiger partial charge in [-0.2, -0.15) is 9.29 Å². The first-order valence-electron chi connectivity index (χ1n) is 12.5. The second kappa shape index (κ2) is 9.30. The van der Waals surface area contributed by atoms with E-state index in [1.807, 2.05) is 0 Å². The molecule has 0 aliphatic carbocycles. The third-order valence-electron chi connectivity index (χ3n) is 6.10. The van der Waals surface area contributed by atoms with Crippen molar-refractivity contribution in [2.24, 2.45) is 0 Å². The van der Waals surface area contributed by atoms with Gasteiger partial charge in [0.25, 0.3) is 12.3 Å². The Balaban J connectivity index is 1.58. The van der Waals surface area contributed by atoms with Gasteiger partial charge in [-0.15, -0.1) is 10.2 Å². The molecule has 0 radical (unpaired) electrons. The van der Waals surface area contributed by atoms with Gasteiger partial charge in [0, 0.05) is 6.54 Å². The Morgan fingerprint density at radius 1 is 1.34 bits per heavy atom. The molecule has 0 spiro atoms. The molecule has 204 valence electrons. The monoisotopic (exact) mass is 563 g/mol. The number of aromatic nitrogens is 6. The highest BCUT2D eigenvalue weighted by Crippen LogP contribution is 2.36. The highest BCUT2D eigenvalue weighted by atomic mass is 32.2. The van der Waals surface area contributed by atoms with Gasteiger partial charge >= 0.3 is 0 Å². The first-order valence-corrected chi connectivity index (χ1v) is 12.9. The van der Waals surface area contributed by atoms with E-state index in [1.54, 1.807) is 0 Å². The van der Waals surface area contributed by atoms with E-state index in [0.717, 1.165) is 21.6 Å². The van der Waals surface area contributed by atoms with Crippen molar-refractivity contribution in [1.82, 2.24) is 33.9 Å². The largest absolute Gasteiger partial charge is 0.479 e. The maximum atomic E-state index is 15.4. The Morgan fingerprint density at radius 2 is 2.13 bits per heavy atom. The molecule has 4 aromatic rings. The van der Waals surface area contributed by atoms with Crippen LogP contribution in [0, 0.1) is 5.82 Å². The number of fused-ring (bicyclic) bond motifs is 2.